The number of nitrogens with zero attached hydrogens (tertiary/aromatic N) is 1. The van der Waals surface area contributed by atoms with Gasteiger partial charge in [-0.2, -0.15) is 0 Å². The number of benzene rings is 7. The number of furan rings is 2. The van der Waals surface area contributed by atoms with Crippen molar-refractivity contribution in [1.29, 1.82) is 0 Å². The summed E-state index contributed by atoms with van der Waals surface area (Å²) in [5.41, 5.74) is 11.4. The molecule has 0 aliphatic heterocycles. The molecule has 9 rings (SSSR count). The lowest BCUT2D eigenvalue weighted by Crippen LogP contribution is -2.09. The molecule has 3 heteroatoms. The maximum absolute atomic E-state index is 6.31. The zero-order valence-electron chi connectivity index (χ0n) is 24.4. The van der Waals surface area contributed by atoms with Crippen LogP contribution in [0.15, 0.2) is 173 Å². The van der Waals surface area contributed by atoms with Gasteiger partial charge in [-0.05, 0) is 76.9 Å². The van der Waals surface area contributed by atoms with Gasteiger partial charge in [-0.3, -0.25) is 0 Å². The zero-order chi connectivity index (χ0) is 29.7. The quantitative estimate of drug-likeness (QED) is 0.204. The van der Waals surface area contributed by atoms with E-state index in [4.69, 9.17) is 8.83 Å². The molecular formula is C42H27NO2. The lowest BCUT2D eigenvalue weighted by molar-refractivity contribution is 0.668. The summed E-state index contributed by atoms with van der Waals surface area (Å²) in [5, 5.41) is 4.43. The monoisotopic (exact) mass is 577 g/mol. The summed E-state index contributed by atoms with van der Waals surface area (Å²) in [7, 11) is 0. The Morgan fingerprint density at radius 3 is 1.42 bits per heavy atom. The van der Waals surface area contributed by atoms with Crippen molar-refractivity contribution < 1.29 is 8.83 Å². The Morgan fingerprint density at radius 2 is 0.733 bits per heavy atom. The van der Waals surface area contributed by atoms with Crippen LogP contribution in [0.4, 0.5) is 17.1 Å². The number of para-hydroxylation sites is 2. The summed E-state index contributed by atoms with van der Waals surface area (Å²) >= 11 is 0. The van der Waals surface area contributed by atoms with E-state index in [0.29, 0.717) is 0 Å². The smallest absolute Gasteiger partial charge is 0.137 e. The largest absolute Gasteiger partial charge is 0.456 e. The van der Waals surface area contributed by atoms with Gasteiger partial charge >= 0.3 is 0 Å². The van der Waals surface area contributed by atoms with Gasteiger partial charge in [0, 0.05) is 44.7 Å². The minimum absolute atomic E-state index is 0.865. The molecule has 0 saturated heterocycles. The predicted octanol–water partition coefficient (Wildman–Crippen LogP) is 12.3. The maximum Gasteiger partial charge on any atom is 0.137 e. The van der Waals surface area contributed by atoms with E-state index >= 15 is 0 Å². The first-order chi connectivity index (χ1) is 22.3. The molecule has 0 aliphatic carbocycles. The molecule has 0 atom stereocenters. The number of anilines is 3. The van der Waals surface area contributed by atoms with Crippen molar-refractivity contribution in [3.05, 3.63) is 164 Å². The predicted molar refractivity (Wildman–Crippen MR) is 187 cm³/mol. The first-order valence-corrected chi connectivity index (χ1v) is 15.2. The molecule has 0 unspecified atom stereocenters. The second-order valence-corrected chi connectivity index (χ2v) is 11.4. The molecule has 9 aromatic rings. The van der Waals surface area contributed by atoms with E-state index in [0.717, 1.165) is 60.9 Å². The Kier molecular flexibility index (Phi) is 5.82. The van der Waals surface area contributed by atoms with Crippen LogP contribution in [0.1, 0.15) is 0 Å². The first-order valence-electron chi connectivity index (χ1n) is 15.2. The molecule has 2 aromatic heterocycles. The van der Waals surface area contributed by atoms with Crippen LogP contribution in [0.3, 0.4) is 0 Å². The zero-order valence-corrected chi connectivity index (χ0v) is 24.4. The molecule has 0 spiro atoms. The Morgan fingerprint density at radius 1 is 0.289 bits per heavy atom. The van der Waals surface area contributed by atoms with Crippen LogP contribution in [0.5, 0.6) is 0 Å². The van der Waals surface area contributed by atoms with Crippen molar-refractivity contribution in [2.75, 3.05) is 4.90 Å². The van der Waals surface area contributed by atoms with E-state index in [-0.39, 0.29) is 0 Å². The summed E-state index contributed by atoms with van der Waals surface area (Å²) in [6.45, 7) is 0. The van der Waals surface area contributed by atoms with E-state index in [1.807, 2.05) is 30.3 Å². The molecule has 7 aromatic carbocycles. The minimum atomic E-state index is 0.865. The number of fused-ring (bicyclic) bond motifs is 6. The van der Waals surface area contributed by atoms with Gasteiger partial charge in [-0.1, -0.05) is 103 Å². The van der Waals surface area contributed by atoms with Gasteiger partial charge < -0.3 is 13.7 Å². The molecule has 0 bridgehead atoms. The summed E-state index contributed by atoms with van der Waals surface area (Å²) < 4.78 is 12.5. The molecule has 212 valence electrons. The third-order valence-corrected chi connectivity index (χ3v) is 8.69. The molecule has 0 fully saturated rings. The molecule has 0 aliphatic rings. The van der Waals surface area contributed by atoms with Crippen LogP contribution in [0.2, 0.25) is 0 Å². The van der Waals surface area contributed by atoms with Gasteiger partial charge in [0.25, 0.3) is 0 Å². The standard InChI is InChI=1S/C42H27NO2/c1-2-8-28(9-3-1)29-14-16-30(17-15-29)31-18-20-32(21-19-31)43(33-23-25-41-38(26-33)36-11-5-7-13-40(36)44-41)34-22-24-37-35-10-4-6-12-39(35)45-42(37)27-34/h1-27H. The summed E-state index contributed by atoms with van der Waals surface area (Å²) in [6.07, 6.45) is 0. The lowest BCUT2D eigenvalue weighted by Gasteiger charge is -2.25. The van der Waals surface area contributed by atoms with Crippen molar-refractivity contribution in [2.45, 2.75) is 0 Å². The third-order valence-electron chi connectivity index (χ3n) is 8.69. The highest BCUT2D eigenvalue weighted by Crippen LogP contribution is 2.41. The van der Waals surface area contributed by atoms with E-state index in [1.165, 1.54) is 22.3 Å². The first kappa shape index (κ1) is 25.4. The highest BCUT2D eigenvalue weighted by atomic mass is 16.3. The fourth-order valence-corrected chi connectivity index (χ4v) is 6.44. The SMILES string of the molecule is c1ccc(-c2ccc(-c3ccc(N(c4ccc5c(c4)oc4ccccc45)c4ccc5oc6ccccc6c5c4)cc3)cc2)cc1. The molecule has 0 saturated carbocycles. The van der Waals surface area contributed by atoms with E-state index in [2.05, 4.69) is 138 Å². The van der Waals surface area contributed by atoms with Crippen LogP contribution in [0.25, 0.3) is 66.1 Å². The number of hydrogen-bond donors (Lipinski definition) is 0. The Balaban J connectivity index is 1.15. The van der Waals surface area contributed by atoms with E-state index in [1.54, 1.807) is 0 Å². The molecule has 3 nitrogen and oxygen atoms in total. The number of hydrogen-bond acceptors (Lipinski definition) is 3. The topological polar surface area (TPSA) is 29.5 Å². The third kappa shape index (κ3) is 4.37. The van der Waals surface area contributed by atoms with E-state index in [9.17, 15) is 0 Å². The van der Waals surface area contributed by atoms with Gasteiger partial charge in [0.15, 0.2) is 0 Å². The fraction of sp³-hybridized carbons (Fsp3) is 0. The Labute approximate surface area is 260 Å². The lowest BCUT2D eigenvalue weighted by atomic mass is 10.00. The highest BCUT2D eigenvalue weighted by molar-refractivity contribution is 6.08. The van der Waals surface area contributed by atoms with Gasteiger partial charge in [0.1, 0.15) is 22.3 Å². The van der Waals surface area contributed by atoms with Gasteiger partial charge in [0.05, 0.1) is 0 Å². The van der Waals surface area contributed by atoms with Gasteiger partial charge in [0.2, 0.25) is 0 Å². The maximum atomic E-state index is 6.31. The van der Waals surface area contributed by atoms with Crippen LogP contribution in [-0.4, -0.2) is 0 Å². The average molecular weight is 578 g/mol. The summed E-state index contributed by atoms with van der Waals surface area (Å²) in [6, 6.07) is 57.4. The average Bonchev–Trinajstić information content (AvgIpc) is 3.67. The van der Waals surface area contributed by atoms with Crippen LogP contribution < -0.4 is 4.90 Å². The van der Waals surface area contributed by atoms with Gasteiger partial charge in [-0.25, -0.2) is 0 Å². The van der Waals surface area contributed by atoms with Gasteiger partial charge in [-0.15, -0.1) is 0 Å². The second-order valence-electron chi connectivity index (χ2n) is 11.4. The minimum Gasteiger partial charge on any atom is -0.456 e. The number of rotatable bonds is 5. The molecule has 0 N–H and O–H groups in total. The van der Waals surface area contributed by atoms with E-state index < -0.39 is 0 Å². The van der Waals surface area contributed by atoms with Crippen LogP contribution in [0, 0.1) is 0 Å². The van der Waals surface area contributed by atoms with Crippen LogP contribution in [-0.2, 0) is 0 Å². The van der Waals surface area contributed by atoms with Crippen LogP contribution >= 0.6 is 0 Å². The Bertz CT molecular complexity index is 2470. The molecule has 0 radical (unpaired) electrons. The van der Waals surface area contributed by atoms with Crippen molar-refractivity contribution >= 4 is 60.9 Å². The summed E-state index contributed by atoms with van der Waals surface area (Å²) in [5.74, 6) is 0. The molecular weight excluding hydrogens is 550 g/mol. The van der Waals surface area contributed by atoms with Crippen molar-refractivity contribution in [1.82, 2.24) is 0 Å². The Hall–Kier alpha value is -6.06. The van der Waals surface area contributed by atoms with Crippen molar-refractivity contribution in [3.8, 4) is 22.3 Å². The molecule has 2 heterocycles. The fourth-order valence-electron chi connectivity index (χ4n) is 6.44. The van der Waals surface area contributed by atoms with Crippen molar-refractivity contribution in [3.63, 3.8) is 0 Å². The summed E-state index contributed by atoms with van der Waals surface area (Å²) in [4.78, 5) is 2.29. The second kappa shape index (κ2) is 10.3. The normalized spacial score (nSPS) is 11.6. The molecule has 45 heavy (non-hydrogen) atoms. The highest BCUT2D eigenvalue weighted by Gasteiger charge is 2.17. The molecule has 0 amide bonds. The van der Waals surface area contributed by atoms with Crippen molar-refractivity contribution in [2.24, 2.45) is 0 Å².